The van der Waals surface area contributed by atoms with Crippen molar-refractivity contribution in [1.82, 2.24) is 5.32 Å². The molecule has 0 aliphatic heterocycles. The van der Waals surface area contributed by atoms with Crippen molar-refractivity contribution < 1.29 is 0 Å². The molecular formula is C9H11Cl2NS. The van der Waals surface area contributed by atoms with Crippen LogP contribution in [-0.4, -0.2) is 5.37 Å². The molecule has 72 valence electrons. The van der Waals surface area contributed by atoms with Crippen molar-refractivity contribution in [2.24, 2.45) is 0 Å². The Bertz CT molecular complexity index is 289. The molecule has 0 spiro atoms. The van der Waals surface area contributed by atoms with E-state index in [1.54, 1.807) is 6.07 Å². The molecule has 1 N–H and O–H groups in total. The molecule has 1 aromatic rings. The van der Waals surface area contributed by atoms with Gasteiger partial charge < -0.3 is 5.32 Å². The molecule has 0 saturated carbocycles. The molecule has 0 bridgehead atoms. The topological polar surface area (TPSA) is 12.0 Å². The first-order valence-electron chi connectivity index (χ1n) is 3.95. The summed E-state index contributed by atoms with van der Waals surface area (Å²) in [6.07, 6.45) is 0. The fourth-order valence-electron chi connectivity index (χ4n) is 0.923. The Morgan fingerprint density at radius 2 is 2.15 bits per heavy atom. The fourth-order valence-corrected chi connectivity index (χ4v) is 1.49. The van der Waals surface area contributed by atoms with Crippen LogP contribution in [0, 0.1) is 0 Å². The van der Waals surface area contributed by atoms with Gasteiger partial charge in [0.25, 0.3) is 0 Å². The van der Waals surface area contributed by atoms with Crippen LogP contribution in [0.1, 0.15) is 12.5 Å². The van der Waals surface area contributed by atoms with Gasteiger partial charge in [0.05, 0.1) is 0 Å². The highest BCUT2D eigenvalue weighted by Gasteiger charge is 2.01. The van der Waals surface area contributed by atoms with Gasteiger partial charge in [-0.3, -0.25) is 0 Å². The third kappa shape index (κ3) is 3.77. The molecule has 0 fully saturated rings. The summed E-state index contributed by atoms with van der Waals surface area (Å²) < 4.78 is 0. The van der Waals surface area contributed by atoms with Crippen molar-refractivity contribution in [1.29, 1.82) is 0 Å². The lowest BCUT2D eigenvalue weighted by atomic mass is 10.2. The van der Waals surface area contributed by atoms with E-state index in [0.29, 0.717) is 16.6 Å². The molecule has 4 heteroatoms. The molecular weight excluding hydrogens is 225 g/mol. The zero-order valence-electron chi connectivity index (χ0n) is 7.22. The number of halogens is 2. The van der Waals surface area contributed by atoms with Crippen LogP contribution >= 0.6 is 35.8 Å². The first-order valence-corrected chi connectivity index (χ1v) is 5.22. The molecule has 0 amide bonds. The van der Waals surface area contributed by atoms with Crippen molar-refractivity contribution in [3.05, 3.63) is 33.8 Å². The number of hydrogen-bond donors (Lipinski definition) is 2. The summed E-state index contributed by atoms with van der Waals surface area (Å²) in [7, 11) is 0. The second-order valence-corrected chi connectivity index (χ2v) is 4.41. The van der Waals surface area contributed by atoms with Crippen LogP contribution in [0.25, 0.3) is 0 Å². The number of nitrogens with one attached hydrogen (secondary N) is 1. The van der Waals surface area contributed by atoms with E-state index in [9.17, 15) is 0 Å². The van der Waals surface area contributed by atoms with E-state index in [0.717, 1.165) is 5.56 Å². The van der Waals surface area contributed by atoms with Gasteiger partial charge in [-0.15, -0.1) is 0 Å². The van der Waals surface area contributed by atoms with Gasteiger partial charge in [-0.2, -0.15) is 12.6 Å². The molecule has 1 unspecified atom stereocenters. The minimum Gasteiger partial charge on any atom is -0.302 e. The summed E-state index contributed by atoms with van der Waals surface area (Å²) in [5.41, 5.74) is 1.03. The van der Waals surface area contributed by atoms with Gasteiger partial charge in [-0.05, 0) is 24.6 Å². The van der Waals surface area contributed by atoms with Gasteiger partial charge in [0, 0.05) is 22.0 Å². The maximum atomic E-state index is 5.96. The Morgan fingerprint density at radius 1 is 1.46 bits per heavy atom. The van der Waals surface area contributed by atoms with Crippen LogP contribution in [-0.2, 0) is 6.54 Å². The first-order chi connectivity index (χ1) is 6.09. The Balaban J connectivity index is 2.67. The van der Waals surface area contributed by atoms with Crippen molar-refractivity contribution in [2.45, 2.75) is 18.8 Å². The molecule has 1 aromatic carbocycles. The van der Waals surface area contributed by atoms with Crippen molar-refractivity contribution in [2.75, 3.05) is 0 Å². The lowest BCUT2D eigenvalue weighted by Gasteiger charge is -2.08. The summed E-state index contributed by atoms with van der Waals surface area (Å²) in [5.74, 6) is 0. The van der Waals surface area contributed by atoms with Gasteiger partial charge in [-0.1, -0.05) is 29.3 Å². The van der Waals surface area contributed by atoms with Crippen molar-refractivity contribution in [3.8, 4) is 0 Å². The van der Waals surface area contributed by atoms with Crippen LogP contribution in [0.15, 0.2) is 18.2 Å². The highest BCUT2D eigenvalue weighted by molar-refractivity contribution is 7.80. The number of rotatable bonds is 3. The minimum atomic E-state index is 0.159. The summed E-state index contributed by atoms with van der Waals surface area (Å²) in [6, 6.07) is 5.48. The van der Waals surface area contributed by atoms with Crippen LogP contribution in [0.3, 0.4) is 0 Å². The highest BCUT2D eigenvalue weighted by atomic mass is 35.5. The average Bonchev–Trinajstić information content (AvgIpc) is 2.02. The van der Waals surface area contributed by atoms with E-state index in [4.69, 9.17) is 23.2 Å². The third-order valence-electron chi connectivity index (χ3n) is 1.60. The minimum absolute atomic E-state index is 0.159. The summed E-state index contributed by atoms with van der Waals surface area (Å²) in [5, 5.41) is 4.67. The van der Waals surface area contributed by atoms with Crippen LogP contribution in [0.5, 0.6) is 0 Å². The zero-order chi connectivity index (χ0) is 9.84. The van der Waals surface area contributed by atoms with E-state index < -0.39 is 0 Å². The molecule has 0 heterocycles. The monoisotopic (exact) mass is 235 g/mol. The molecule has 13 heavy (non-hydrogen) atoms. The SMILES string of the molecule is CC(S)NCc1ccc(Cl)cc1Cl. The normalized spacial score (nSPS) is 12.9. The second-order valence-electron chi connectivity index (χ2n) is 2.79. The van der Waals surface area contributed by atoms with Crippen molar-refractivity contribution >= 4 is 35.8 Å². The van der Waals surface area contributed by atoms with Crippen molar-refractivity contribution in [3.63, 3.8) is 0 Å². The van der Waals surface area contributed by atoms with Crippen LogP contribution < -0.4 is 5.32 Å². The lowest BCUT2D eigenvalue weighted by molar-refractivity contribution is 0.691. The molecule has 1 nitrogen and oxygen atoms in total. The van der Waals surface area contributed by atoms with Gasteiger partial charge in [0.1, 0.15) is 0 Å². The van der Waals surface area contributed by atoms with Crippen LogP contribution in [0.4, 0.5) is 0 Å². The average molecular weight is 236 g/mol. The first kappa shape index (κ1) is 11.2. The molecule has 1 atom stereocenters. The molecule has 0 aliphatic carbocycles. The molecule has 0 aromatic heterocycles. The van der Waals surface area contributed by atoms with Gasteiger partial charge in [-0.25, -0.2) is 0 Å². The van der Waals surface area contributed by atoms with E-state index >= 15 is 0 Å². The quantitative estimate of drug-likeness (QED) is 0.605. The lowest BCUT2D eigenvalue weighted by Crippen LogP contribution is -2.19. The van der Waals surface area contributed by atoms with Gasteiger partial charge in [0.15, 0.2) is 0 Å². The summed E-state index contributed by atoms with van der Waals surface area (Å²) >= 11 is 15.9. The second kappa shape index (κ2) is 5.11. The highest BCUT2D eigenvalue weighted by Crippen LogP contribution is 2.20. The predicted molar refractivity (Wildman–Crippen MR) is 61.7 cm³/mol. The Morgan fingerprint density at radius 3 is 2.69 bits per heavy atom. The Labute approximate surface area is 93.8 Å². The van der Waals surface area contributed by atoms with Crippen LogP contribution in [0.2, 0.25) is 10.0 Å². The fraction of sp³-hybridized carbons (Fsp3) is 0.333. The molecule has 1 rings (SSSR count). The largest absolute Gasteiger partial charge is 0.302 e. The van der Waals surface area contributed by atoms with E-state index in [1.165, 1.54) is 0 Å². The number of hydrogen-bond acceptors (Lipinski definition) is 2. The predicted octanol–water partition coefficient (Wildman–Crippen LogP) is 3.36. The smallest absolute Gasteiger partial charge is 0.0476 e. The standard InChI is InChI=1S/C9H11Cl2NS/c1-6(13)12-5-7-2-3-8(10)4-9(7)11/h2-4,6,12-13H,5H2,1H3. The maximum Gasteiger partial charge on any atom is 0.0476 e. The Kier molecular flexibility index (Phi) is 4.39. The number of thiol groups is 1. The van der Waals surface area contributed by atoms with E-state index in [-0.39, 0.29) is 5.37 Å². The molecule has 0 saturated heterocycles. The zero-order valence-corrected chi connectivity index (χ0v) is 9.63. The van der Waals surface area contributed by atoms with E-state index in [1.807, 2.05) is 19.1 Å². The third-order valence-corrected chi connectivity index (χ3v) is 2.37. The number of benzene rings is 1. The van der Waals surface area contributed by atoms with Gasteiger partial charge >= 0.3 is 0 Å². The molecule has 0 radical (unpaired) electrons. The molecule has 0 aliphatic rings. The Hall–Kier alpha value is 0.110. The maximum absolute atomic E-state index is 5.96. The summed E-state index contributed by atoms with van der Waals surface area (Å²) in [6.45, 7) is 2.67. The van der Waals surface area contributed by atoms with E-state index in [2.05, 4.69) is 17.9 Å². The summed E-state index contributed by atoms with van der Waals surface area (Å²) in [4.78, 5) is 0. The van der Waals surface area contributed by atoms with Gasteiger partial charge in [0.2, 0.25) is 0 Å².